The van der Waals surface area contributed by atoms with Crippen molar-refractivity contribution in [2.75, 3.05) is 6.54 Å². The molecular weight excluding hydrogens is 721 g/mol. The summed E-state index contributed by atoms with van der Waals surface area (Å²) in [5.74, 6) is 0.239. The van der Waals surface area contributed by atoms with Crippen LogP contribution >= 0.6 is 0 Å². The molecule has 3 aromatic rings. The van der Waals surface area contributed by atoms with Gasteiger partial charge in [-0.05, 0) is 93.0 Å². The Balaban J connectivity index is 1.18. The fourth-order valence-corrected chi connectivity index (χ4v) is 8.86. The molecule has 0 radical (unpaired) electrons. The van der Waals surface area contributed by atoms with Gasteiger partial charge in [-0.15, -0.1) is 0 Å². The first kappa shape index (κ1) is 42.5. The predicted molar refractivity (Wildman–Crippen MR) is 219 cm³/mol. The average molecular weight is 783 g/mol. The molecule has 3 fully saturated rings. The van der Waals surface area contributed by atoms with Crippen molar-refractivity contribution in [1.82, 2.24) is 21.0 Å². The highest BCUT2D eigenvalue weighted by Crippen LogP contribution is 2.42. The van der Waals surface area contributed by atoms with E-state index >= 15 is 0 Å². The Morgan fingerprint density at radius 3 is 2.23 bits per heavy atom. The number of rotatable bonds is 15. The summed E-state index contributed by atoms with van der Waals surface area (Å²) in [6.07, 6.45) is 8.90. The maximum atomic E-state index is 13.8. The van der Waals surface area contributed by atoms with E-state index in [1.54, 1.807) is 5.48 Å². The lowest BCUT2D eigenvalue weighted by molar-refractivity contribution is -0.255. The molecule has 3 aliphatic rings. The Hall–Kier alpha value is -4.13. The average Bonchev–Trinajstić information content (AvgIpc) is 3.22. The number of aliphatic hydroxyl groups is 1. The smallest absolute Gasteiger partial charge is 0.243 e. The van der Waals surface area contributed by atoms with Gasteiger partial charge in [0.15, 0.2) is 6.29 Å². The number of benzene rings is 3. The van der Waals surface area contributed by atoms with Crippen LogP contribution in [-0.4, -0.2) is 63.2 Å². The second-order valence-corrected chi connectivity index (χ2v) is 17.1. The molecule has 0 aromatic heterocycles. The summed E-state index contributed by atoms with van der Waals surface area (Å²) in [5, 5.41) is 24.7. The van der Waals surface area contributed by atoms with E-state index in [1.165, 1.54) is 19.3 Å². The van der Waals surface area contributed by atoms with Crippen molar-refractivity contribution >= 4 is 17.7 Å². The van der Waals surface area contributed by atoms with E-state index in [0.29, 0.717) is 50.7 Å². The Kier molecular flexibility index (Phi) is 14.9. The molecule has 2 aliphatic heterocycles. The number of nitrogens with one attached hydrogen (secondary N) is 3. The van der Waals surface area contributed by atoms with Crippen LogP contribution < -0.4 is 16.1 Å². The minimum absolute atomic E-state index is 0.0212. The topological polar surface area (TPSA) is 149 Å². The number of fused-ring (bicyclic) bond motifs is 1. The third-order valence-electron chi connectivity index (χ3n) is 11.8. The second-order valence-electron chi connectivity index (χ2n) is 17.1. The van der Waals surface area contributed by atoms with Gasteiger partial charge in [-0.25, -0.2) is 5.48 Å². The van der Waals surface area contributed by atoms with Gasteiger partial charge in [-0.2, -0.15) is 0 Å². The zero-order chi connectivity index (χ0) is 40.4. The minimum Gasteiger partial charge on any atom is -0.392 e. The van der Waals surface area contributed by atoms with Crippen LogP contribution in [0, 0.1) is 5.92 Å². The summed E-state index contributed by atoms with van der Waals surface area (Å²) >= 11 is 0. The van der Waals surface area contributed by atoms with Crippen LogP contribution in [0.25, 0.3) is 11.1 Å². The Bertz CT molecular complexity index is 1780. The molecule has 0 spiro atoms. The fourth-order valence-electron chi connectivity index (χ4n) is 8.86. The van der Waals surface area contributed by atoms with Gasteiger partial charge >= 0.3 is 0 Å². The van der Waals surface area contributed by atoms with Gasteiger partial charge in [0.05, 0.1) is 24.9 Å². The number of hydrogen-bond donors (Lipinski definition) is 5. The highest BCUT2D eigenvalue weighted by Gasteiger charge is 2.44. The monoisotopic (exact) mass is 782 g/mol. The number of aliphatic hydroxyl groups excluding tert-OH is 1. The van der Waals surface area contributed by atoms with Gasteiger partial charge in [-0.1, -0.05) is 92.1 Å². The number of ether oxygens (including phenoxy) is 2. The van der Waals surface area contributed by atoms with E-state index in [-0.39, 0.29) is 48.6 Å². The molecule has 11 heteroatoms. The van der Waals surface area contributed by atoms with E-state index in [1.807, 2.05) is 63.2 Å². The lowest BCUT2D eigenvalue weighted by Crippen LogP contribution is -2.61. The highest BCUT2D eigenvalue weighted by atomic mass is 16.7. The maximum Gasteiger partial charge on any atom is 0.243 e. The van der Waals surface area contributed by atoms with Crippen LogP contribution in [0.2, 0.25) is 0 Å². The summed E-state index contributed by atoms with van der Waals surface area (Å²) in [4.78, 5) is 40.2. The number of hydrogen-bond acceptors (Lipinski definition) is 8. The van der Waals surface area contributed by atoms with Crippen molar-refractivity contribution in [3.8, 4) is 11.1 Å². The van der Waals surface area contributed by atoms with Gasteiger partial charge < -0.3 is 25.2 Å². The van der Waals surface area contributed by atoms with Crippen LogP contribution in [0.1, 0.15) is 132 Å². The molecule has 11 nitrogen and oxygen atoms in total. The van der Waals surface area contributed by atoms with E-state index < -0.39 is 12.2 Å². The van der Waals surface area contributed by atoms with Crippen LogP contribution in [-0.2, 0) is 37.0 Å². The maximum absolute atomic E-state index is 13.8. The number of amides is 3. The molecule has 3 aromatic carbocycles. The molecule has 2 saturated heterocycles. The van der Waals surface area contributed by atoms with Gasteiger partial charge in [0.25, 0.3) is 0 Å². The van der Waals surface area contributed by atoms with Crippen LogP contribution in [0.15, 0.2) is 72.8 Å². The summed E-state index contributed by atoms with van der Waals surface area (Å²) in [6, 6.07) is 24.4. The van der Waals surface area contributed by atoms with E-state index in [0.717, 1.165) is 59.1 Å². The van der Waals surface area contributed by atoms with Crippen LogP contribution in [0.3, 0.4) is 0 Å². The molecule has 6 atom stereocenters. The summed E-state index contributed by atoms with van der Waals surface area (Å²) in [5.41, 5.74) is 7.14. The first-order chi connectivity index (χ1) is 27.5. The van der Waals surface area contributed by atoms with Crippen molar-refractivity contribution in [2.45, 2.75) is 147 Å². The van der Waals surface area contributed by atoms with E-state index in [9.17, 15) is 19.5 Å². The van der Waals surface area contributed by atoms with Crippen molar-refractivity contribution in [2.24, 2.45) is 5.92 Å². The number of likely N-dealkylation sites (tertiary alicyclic amines) is 1. The third kappa shape index (κ3) is 11.7. The van der Waals surface area contributed by atoms with Crippen molar-refractivity contribution < 1.29 is 34.2 Å². The normalized spacial score (nSPS) is 23.9. The quantitative estimate of drug-likeness (QED) is 0.0609. The fraction of sp³-hybridized carbons (Fsp3) is 0.543. The number of carbonyl (C=O) groups excluding carboxylic acids is 3. The van der Waals surface area contributed by atoms with E-state index in [4.69, 9.17) is 14.7 Å². The second kappa shape index (κ2) is 20.0. The molecule has 5 N–H and O–H groups in total. The molecule has 57 heavy (non-hydrogen) atoms. The lowest BCUT2D eigenvalue weighted by Gasteiger charge is -2.50. The SMILES string of the molecule is CC(C)(C)NC(=O)[C@H]1CC[C@H]2CCCC[C@H]2N1C[C@@H]1C[C@H](c2ccc(CO)cc2)O[C@H](c2ccc(-c3ccccc3CNC(=O)CCCCCC(=O)NO)cc2)O1. The summed E-state index contributed by atoms with van der Waals surface area (Å²) in [6.45, 7) is 7.14. The number of hydroxylamine groups is 1. The number of carbonyl (C=O) groups is 3. The molecule has 1 aliphatic carbocycles. The molecule has 0 bridgehead atoms. The Morgan fingerprint density at radius 1 is 0.807 bits per heavy atom. The van der Waals surface area contributed by atoms with Crippen molar-refractivity contribution in [3.63, 3.8) is 0 Å². The van der Waals surface area contributed by atoms with Gasteiger partial charge in [-0.3, -0.25) is 24.5 Å². The Morgan fingerprint density at radius 2 is 1.51 bits per heavy atom. The molecule has 3 amide bonds. The van der Waals surface area contributed by atoms with Crippen molar-refractivity contribution in [3.05, 3.63) is 95.1 Å². The van der Waals surface area contributed by atoms with Gasteiger partial charge in [0, 0.05) is 49.5 Å². The molecule has 1 saturated carbocycles. The first-order valence-corrected chi connectivity index (χ1v) is 21.0. The number of nitrogens with zero attached hydrogens (tertiary/aromatic N) is 1. The summed E-state index contributed by atoms with van der Waals surface area (Å²) in [7, 11) is 0. The molecule has 2 heterocycles. The van der Waals surface area contributed by atoms with Crippen molar-refractivity contribution in [1.29, 1.82) is 0 Å². The molecule has 0 unspecified atom stereocenters. The van der Waals surface area contributed by atoms with Crippen LogP contribution in [0.5, 0.6) is 0 Å². The largest absolute Gasteiger partial charge is 0.392 e. The number of unbranched alkanes of at least 4 members (excludes halogenated alkanes) is 2. The van der Waals surface area contributed by atoms with Gasteiger partial charge in [0.2, 0.25) is 17.7 Å². The zero-order valence-electron chi connectivity index (χ0n) is 33.9. The first-order valence-electron chi connectivity index (χ1n) is 21.0. The number of piperidine rings is 1. The van der Waals surface area contributed by atoms with Crippen LogP contribution in [0.4, 0.5) is 0 Å². The molecule has 308 valence electrons. The van der Waals surface area contributed by atoms with Gasteiger partial charge in [0.1, 0.15) is 0 Å². The van der Waals surface area contributed by atoms with E-state index in [2.05, 4.69) is 45.9 Å². The highest BCUT2D eigenvalue weighted by molar-refractivity contribution is 5.82. The Labute approximate surface area is 337 Å². The zero-order valence-corrected chi connectivity index (χ0v) is 33.9. The predicted octanol–water partition coefficient (Wildman–Crippen LogP) is 7.40. The molecule has 6 rings (SSSR count). The standard InChI is InChI=1S/C46H62N4O7/c1-46(2,3)48-44(54)40-26-25-33-11-8-10-14-39(33)50(40)29-37-27-41(34-19-17-31(30-51)18-20-34)57-45(56-37)35-23-21-32(22-24-35)38-13-9-7-12-36(38)28-47-42(52)15-5-4-6-16-43(53)49-55/h7,9,12-13,17-24,33,37,39-41,45,51,55H,4-6,8,10-11,14-16,25-30H2,1-3H3,(H,47,52)(H,48,54)(H,49,53)/t33-,37+,39-,40-,41-,45-/m1/s1. The third-order valence-corrected chi connectivity index (χ3v) is 11.8. The summed E-state index contributed by atoms with van der Waals surface area (Å²) < 4.78 is 13.6. The minimum atomic E-state index is -0.623. The molecular formula is C46H62N4O7. The lowest BCUT2D eigenvalue weighted by atomic mass is 9.75.